The number of rotatable bonds is 6. The van der Waals surface area contributed by atoms with Gasteiger partial charge in [-0.15, -0.1) is 0 Å². The summed E-state index contributed by atoms with van der Waals surface area (Å²) in [5.41, 5.74) is 0. The van der Waals surface area contributed by atoms with Crippen molar-refractivity contribution < 1.29 is 9.59 Å². The molecule has 2 amide bonds. The van der Waals surface area contributed by atoms with Crippen LogP contribution in [0.3, 0.4) is 0 Å². The largest absolute Gasteiger partial charge is 0.353 e. The molecule has 1 aliphatic carbocycles. The average Bonchev–Trinajstić information content (AvgIpc) is 3.07. The summed E-state index contributed by atoms with van der Waals surface area (Å²) in [6.07, 6.45) is 6.16. The van der Waals surface area contributed by atoms with E-state index in [4.69, 9.17) is 0 Å². The zero-order valence-electron chi connectivity index (χ0n) is 10.5. The van der Waals surface area contributed by atoms with Crippen LogP contribution >= 0.6 is 0 Å². The quantitative estimate of drug-likeness (QED) is 0.747. The minimum atomic E-state index is -0.198. The van der Waals surface area contributed by atoms with E-state index in [1.165, 1.54) is 19.8 Å². The third-order valence-corrected chi connectivity index (χ3v) is 2.86. The molecule has 0 saturated heterocycles. The van der Waals surface area contributed by atoms with Gasteiger partial charge in [0.15, 0.2) is 0 Å². The first-order valence-electron chi connectivity index (χ1n) is 6.19. The maximum absolute atomic E-state index is 11.4. The van der Waals surface area contributed by atoms with E-state index in [2.05, 4.69) is 20.2 Å². The molecule has 6 heteroatoms. The molecule has 0 atom stereocenters. The van der Waals surface area contributed by atoms with Crippen LogP contribution in [0.25, 0.3) is 0 Å². The minimum Gasteiger partial charge on any atom is -0.353 e. The number of hydrogen-bond acceptors (Lipinski definition) is 3. The third-order valence-electron chi connectivity index (χ3n) is 2.86. The van der Waals surface area contributed by atoms with Crippen molar-refractivity contribution in [2.75, 3.05) is 13.1 Å². The topological polar surface area (TPSA) is 76.0 Å². The van der Waals surface area contributed by atoms with Gasteiger partial charge in [-0.3, -0.25) is 9.59 Å². The summed E-state index contributed by atoms with van der Waals surface area (Å²) < 4.78 is 2.08. The van der Waals surface area contributed by atoms with Crippen molar-refractivity contribution in [1.82, 2.24) is 20.2 Å². The smallest absolute Gasteiger partial charge is 0.239 e. The van der Waals surface area contributed by atoms with Crippen molar-refractivity contribution in [2.45, 2.75) is 32.2 Å². The van der Waals surface area contributed by atoms with Crippen molar-refractivity contribution in [3.05, 3.63) is 18.2 Å². The molecule has 1 aliphatic rings. The Hall–Kier alpha value is -1.85. The molecular weight excluding hydrogens is 232 g/mol. The molecule has 0 unspecified atom stereocenters. The highest BCUT2D eigenvalue weighted by Crippen LogP contribution is 2.38. The highest BCUT2D eigenvalue weighted by atomic mass is 16.2. The molecule has 0 spiro atoms. The summed E-state index contributed by atoms with van der Waals surface area (Å²) in [4.78, 5) is 26.3. The Bertz CT molecular complexity index is 437. The van der Waals surface area contributed by atoms with E-state index >= 15 is 0 Å². The second-order valence-electron chi connectivity index (χ2n) is 4.51. The molecule has 1 heterocycles. The molecule has 2 N–H and O–H groups in total. The fourth-order valence-corrected chi connectivity index (χ4v) is 1.79. The van der Waals surface area contributed by atoms with Crippen molar-refractivity contribution in [2.24, 2.45) is 0 Å². The van der Waals surface area contributed by atoms with Crippen LogP contribution < -0.4 is 10.6 Å². The molecule has 0 aromatic carbocycles. The van der Waals surface area contributed by atoms with Gasteiger partial charge in [0.25, 0.3) is 0 Å². The van der Waals surface area contributed by atoms with Crippen molar-refractivity contribution in [1.29, 1.82) is 0 Å². The summed E-state index contributed by atoms with van der Waals surface area (Å²) in [5, 5.41) is 5.22. The van der Waals surface area contributed by atoms with Crippen LogP contribution in [0.1, 0.15) is 31.5 Å². The van der Waals surface area contributed by atoms with Gasteiger partial charge in [0, 0.05) is 38.3 Å². The summed E-state index contributed by atoms with van der Waals surface area (Å²) in [6, 6.07) is 0. The number of carbonyl (C=O) groups excluding carboxylic acids is 2. The molecule has 2 rings (SSSR count). The molecule has 0 aliphatic heterocycles. The Morgan fingerprint density at radius 2 is 2.22 bits per heavy atom. The SMILES string of the molecule is CC(=O)NCC(=O)NCCn1ccnc1C1CC1. The Morgan fingerprint density at radius 1 is 1.44 bits per heavy atom. The summed E-state index contributed by atoms with van der Waals surface area (Å²) >= 11 is 0. The molecular formula is C12H18N4O2. The van der Waals surface area contributed by atoms with Crippen molar-refractivity contribution in [3.8, 4) is 0 Å². The highest BCUT2D eigenvalue weighted by Gasteiger charge is 2.27. The fraction of sp³-hybridized carbons (Fsp3) is 0.583. The second kappa shape index (κ2) is 5.66. The normalized spacial score (nSPS) is 14.3. The standard InChI is InChI=1S/C12H18N4O2/c1-9(17)15-8-11(18)13-4-6-16-7-5-14-12(16)10-2-3-10/h5,7,10H,2-4,6,8H2,1H3,(H,13,18)(H,15,17). The summed E-state index contributed by atoms with van der Waals surface area (Å²) in [5.74, 6) is 1.36. The number of nitrogens with zero attached hydrogens (tertiary/aromatic N) is 2. The van der Waals surface area contributed by atoms with Crippen LogP contribution in [0.5, 0.6) is 0 Å². The first kappa shape index (κ1) is 12.6. The van der Waals surface area contributed by atoms with E-state index in [9.17, 15) is 9.59 Å². The summed E-state index contributed by atoms with van der Waals surface area (Å²) in [7, 11) is 0. The average molecular weight is 250 g/mol. The molecule has 1 fully saturated rings. The van der Waals surface area contributed by atoms with Crippen LogP contribution in [0.2, 0.25) is 0 Å². The van der Waals surface area contributed by atoms with Crippen LogP contribution in [0, 0.1) is 0 Å². The van der Waals surface area contributed by atoms with Gasteiger partial charge in [0.2, 0.25) is 11.8 Å². The lowest BCUT2D eigenvalue weighted by Crippen LogP contribution is -2.37. The van der Waals surface area contributed by atoms with Gasteiger partial charge < -0.3 is 15.2 Å². The minimum absolute atomic E-state index is 0.0365. The van der Waals surface area contributed by atoms with Gasteiger partial charge in [-0.25, -0.2) is 4.98 Å². The lowest BCUT2D eigenvalue weighted by atomic mass is 10.4. The Morgan fingerprint density at radius 3 is 2.89 bits per heavy atom. The summed E-state index contributed by atoms with van der Waals surface area (Å²) in [6.45, 7) is 2.70. The second-order valence-corrected chi connectivity index (χ2v) is 4.51. The molecule has 1 aromatic rings. The van der Waals surface area contributed by atoms with E-state index in [1.54, 1.807) is 6.20 Å². The van der Waals surface area contributed by atoms with Crippen LogP contribution in [0.4, 0.5) is 0 Å². The number of carbonyl (C=O) groups is 2. The number of aromatic nitrogens is 2. The first-order valence-corrected chi connectivity index (χ1v) is 6.19. The predicted octanol–water partition coefficient (Wildman–Crippen LogP) is 0.0128. The number of nitrogens with one attached hydrogen (secondary N) is 2. The van der Waals surface area contributed by atoms with Crippen LogP contribution in [-0.4, -0.2) is 34.5 Å². The Kier molecular flexibility index (Phi) is 3.96. The van der Waals surface area contributed by atoms with E-state index < -0.39 is 0 Å². The monoisotopic (exact) mass is 250 g/mol. The molecule has 1 aromatic heterocycles. The lowest BCUT2D eigenvalue weighted by molar-refractivity contribution is -0.125. The molecule has 6 nitrogen and oxygen atoms in total. The number of imidazole rings is 1. The van der Waals surface area contributed by atoms with Gasteiger partial charge in [0.05, 0.1) is 6.54 Å². The van der Waals surface area contributed by atoms with Crippen molar-refractivity contribution >= 4 is 11.8 Å². The van der Waals surface area contributed by atoms with Crippen molar-refractivity contribution in [3.63, 3.8) is 0 Å². The Labute approximate surface area is 106 Å². The molecule has 98 valence electrons. The zero-order chi connectivity index (χ0) is 13.0. The molecule has 0 radical (unpaired) electrons. The van der Waals surface area contributed by atoms with E-state index in [1.807, 2.05) is 6.20 Å². The zero-order valence-corrected chi connectivity index (χ0v) is 10.5. The maximum Gasteiger partial charge on any atom is 0.239 e. The molecule has 18 heavy (non-hydrogen) atoms. The van der Waals surface area contributed by atoms with Gasteiger partial charge in [-0.2, -0.15) is 0 Å². The fourth-order valence-electron chi connectivity index (χ4n) is 1.79. The number of amides is 2. The maximum atomic E-state index is 11.4. The Balaban J connectivity index is 1.69. The number of hydrogen-bond donors (Lipinski definition) is 2. The van der Waals surface area contributed by atoms with E-state index in [0.717, 1.165) is 12.4 Å². The van der Waals surface area contributed by atoms with Gasteiger partial charge in [-0.1, -0.05) is 0 Å². The van der Waals surface area contributed by atoms with E-state index in [0.29, 0.717) is 12.5 Å². The van der Waals surface area contributed by atoms with Gasteiger partial charge in [-0.05, 0) is 12.8 Å². The molecule has 0 bridgehead atoms. The predicted molar refractivity (Wildman–Crippen MR) is 65.9 cm³/mol. The first-order chi connectivity index (χ1) is 8.66. The van der Waals surface area contributed by atoms with E-state index in [-0.39, 0.29) is 18.4 Å². The lowest BCUT2D eigenvalue weighted by Gasteiger charge is -2.08. The van der Waals surface area contributed by atoms with Crippen LogP contribution in [0.15, 0.2) is 12.4 Å². The van der Waals surface area contributed by atoms with Gasteiger partial charge >= 0.3 is 0 Å². The molecule has 1 saturated carbocycles. The van der Waals surface area contributed by atoms with Gasteiger partial charge in [0.1, 0.15) is 5.82 Å². The third kappa shape index (κ3) is 3.58. The van der Waals surface area contributed by atoms with Crippen LogP contribution in [-0.2, 0) is 16.1 Å². The highest BCUT2D eigenvalue weighted by molar-refractivity contribution is 5.83.